The highest BCUT2D eigenvalue weighted by Gasteiger charge is 2.44. The Morgan fingerprint density at radius 2 is 1.63 bits per heavy atom. The van der Waals surface area contributed by atoms with Gasteiger partial charge in [-0.1, -0.05) is 11.3 Å². The van der Waals surface area contributed by atoms with Gasteiger partial charge in [-0.2, -0.15) is 0 Å². The van der Waals surface area contributed by atoms with Gasteiger partial charge in [-0.25, -0.2) is 22.2 Å². The van der Waals surface area contributed by atoms with Crippen molar-refractivity contribution in [1.29, 1.82) is 0 Å². The number of aryl methyl sites for hydroxylation is 1. The Morgan fingerprint density at radius 1 is 0.951 bits per heavy atom. The first-order chi connectivity index (χ1) is 19.5. The van der Waals surface area contributed by atoms with Gasteiger partial charge in [0.1, 0.15) is 16.5 Å². The van der Waals surface area contributed by atoms with Crippen LogP contribution in [0, 0.1) is 12.3 Å². The third-order valence-corrected chi connectivity index (χ3v) is 10.6. The van der Waals surface area contributed by atoms with Crippen LogP contribution in [0.15, 0.2) is 30.3 Å². The summed E-state index contributed by atoms with van der Waals surface area (Å²) in [6.45, 7) is 3.75. The number of rotatable bonds is 8. The number of aromatic nitrogens is 3. The van der Waals surface area contributed by atoms with Crippen molar-refractivity contribution in [2.45, 2.75) is 51.4 Å². The Labute approximate surface area is 242 Å². The molecule has 1 spiro atoms. The molecule has 2 N–H and O–H groups in total. The minimum atomic E-state index is -3.67. The lowest BCUT2D eigenvalue weighted by Gasteiger charge is -2.35. The molecule has 3 aliphatic rings. The zero-order valence-corrected chi connectivity index (χ0v) is 24.6. The van der Waals surface area contributed by atoms with Crippen LogP contribution in [0.2, 0.25) is 0 Å². The summed E-state index contributed by atoms with van der Waals surface area (Å²) in [6, 6.07) is 9.24. The Morgan fingerprint density at radius 3 is 2.32 bits per heavy atom. The first-order valence-corrected chi connectivity index (χ1v) is 16.5. The highest BCUT2D eigenvalue weighted by Crippen LogP contribution is 2.54. The third kappa shape index (κ3) is 6.31. The minimum absolute atomic E-state index is 0.187. The van der Waals surface area contributed by atoms with Crippen molar-refractivity contribution in [2.24, 2.45) is 5.41 Å². The number of aliphatic hydroxyl groups excluding tert-OH is 1. The maximum absolute atomic E-state index is 13.7. The van der Waals surface area contributed by atoms with Gasteiger partial charge in [-0.05, 0) is 73.9 Å². The number of piperidine rings is 2. The fourth-order valence-electron chi connectivity index (χ4n) is 5.71. The SMILES string of the molecule is Cc1cc(-c2nnc(-c3ccc(NS(=O)(=O)CCO)cc3N3CCC4(CC3)CC4)s2)nc(N2CCC(F)(F)CC2)c1. The maximum Gasteiger partial charge on any atom is 0.251 e. The fraction of sp³-hybridized carbons (Fsp3) is 0.536. The molecule has 4 heterocycles. The van der Waals surface area contributed by atoms with Crippen molar-refractivity contribution in [1.82, 2.24) is 15.2 Å². The van der Waals surface area contributed by atoms with E-state index in [9.17, 15) is 17.2 Å². The number of hydrogen-bond donors (Lipinski definition) is 2. The molecule has 41 heavy (non-hydrogen) atoms. The van der Waals surface area contributed by atoms with E-state index in [0.717, 1.165) is 42.7 Å². The Kier molecular flexibility index (Phi) is 7.39. The second kappa shape index (κ2) is 10.7. The van der Waals surface area contributed by atoms with E-state index in [1.807, 2.05) is 36.1 Å². The van der Waals surface area contributed by atoms with E-state index >= 15 is 0 Å². The number of pyridine rings is 1. The van der Waals surface area contributed by atoms with E-state index in [1.165, 1.54) is 24.2 Å². The number of nitrogens with one attached hydrogen (secondary N) is 1. The Balaban J connectivity index is 1.30. The number of halogens is 2. The van der Waals surface area contributed by atoms with Crippen LogP contribution in [0.4, 0.5) is 26.0 Å². The summed E-state index contributed by atoms with van der Waals surface area (Å²) < 4.78 is 54.7. The van der Waals surface area contributed by atoms with Gasteiger partial charge >= 0.3 is 0 Å². The molecule has 0 unspecified atom stereocenters. The van der Waals surface area contributed by atoms with Crippen LogP contribution in [0.25, 0.3) is 21.3 Å². The van der Waals surface area contributed by atoms with Gasteiger partial charge in [0.25, 0.3) is 5.92 Å². The standard InChI is InChI=1S/C28H34F2N6O3S2/c1-19-16-22(31-24(17-19)36-12-8-28(29,30)9-13-36)26-33-32-25(40-26)21-3-2-20(34-41(38,39)15-14-37)18-23(21)35-10-6-27(4-5-27)7-11-35/h2-3,16-18,34,37H,4-15H2,1H3. The van der Waals surface area contributed by atoms with Gasteiger partial charge in [-0.15, -0.1) is 10.2 Å². The van der Waals surface area contributed by atoms with Gasteiger partial charge in [0.2, 0.25) is 10.0 Å². The van der Waals surface area contributed by atoms with Crippen molar-refractivity contribution in [2.75, 3.05) is 53.1 Å². The van der Waals surface area contributed by atoms with Gasteiger partial charge < -0.3 is 14.9 Å². The summed E-state index contributed by atoms with van der Waals surface area (Å²) in [5, 5.41) is 19.4. The van der Waals surface area contributed by atoms with E-state index in [0.29, 0.717) is 32.6 Å². The van der Waals surface area contributed by atoms with Crippen LogP contribution in [-0.4, -0.2) is 73.2 Å². The van der Waals surface area contributed by atoms with E-state index in [4.69, 9.17) is 10.1 Å². The average Bonchev–Trinajstić information content (AvgIpc) is 3.48. The zero-order chi connectivity index (χ0) is 28.8. The molecule has 1 aliphatic carbocycles. The molecule has 2 aliphatic heterocycles. The van der Waals surface area contributed by atoms with Gasteiger partial charge in [-0.3, -0.25) is 4.72 Å². The van der Waals surface area contributed by atoms with Crippen LogP contribution >= 0.6 is 11.3 Å². The number of alkyl halides is 2. The van der Waals surface area contributed by atoms with Crippen molar-refractivity contribution < 1.29 is 22.3 Å². The third-order valence-electron chi connectivity index (χ3n) is 8.40. The lowest BCUT2D eigenvalue weighted by molar-refractivity contribution is -0.0221. The van der Waals surface area contributed by atoms with E-state index in [1.54, 1.807) is 6.07 Å². The molecule has 6 rings (SSSR count). The second-order valence-electron chi connectivity index (χ2n) is 11.5. The van der Waals surface area contributed by atoms with Crippen LogP contribution in [0.3, 0.4) is 0 Å². The van der Waals surface area contributed by atoms with Gasteiger partial charge in [0, 0.05) is 50.3 Å². The molecule has 13 heteroatoms. The number of sulfonamides is 1. The molecule has 0 amide bonds. The number of hydrogen-bond acceptors (Lipinski definition) is 9. The largest absolute Gasteiger partial charge is 0.395 e. The Bertz CT molecular complexity index is 1520. The summed E-state index contributed by atoms with van der Waals surface area (Å²) >= 11 is 1.40. The van der Waals surface area contributed by atoms with E-state index < -0.39 is 22.6 Å². The highest BCUT2D eigenvalue weighted by atomic mass is 32.2. The molecular weight excluding hydrogens is 570 g/mol. The molecule has 0 bridgehead atoms. The van der Waals surface area contributed by atoms with Crippen LogP contribution in [0.5, 0.6) is 0 Å². The van der Waals surface area contributed by atoms with Crippen molar-refractivity contribution in [3.05, 3.63) is 35.9 Å². The molecule has 1 saturated carbocycles. The van der Waals surface area contributed by atoms with Gasteiger partial charge in [0.15, 0.2) is 5.01 Å². The van der Waals surface area contributed by atoms with Crippen LogP contribution in [0.1, 0.15) is 44.1 Å². The quantitative estimate of drug-likeness (QED) is 0.373. The normalized spacial score (nSPS) is 19.9. The lowest BCUT2D eigenvalue weighted by atomic mass is 9.93. The summed E-state index contributed by atoms with van der Waals surface area (Å²) in [6.07, 6.45) is 4.39. The molecule has 9 nitrogen and oxygen atoms in total. The summed E-state index contributed by atoms with van der Waals surface area (Å²) in [7, 11) is -3.67. The molecule has 3 aromatic rings. The van der Waals surface area contributed by atoms with Crippen molar-refractivity contribution >= 4 is 38.6 Å². The molecule has 2 aromatic heterocycles. The van der Waals surface area contributed by atoms with Crippen LogP contribution in [-0.2, 0) is 10.0 Å². The van der Waals surface area contributed by atoms with Crippen LogP contribution < -0.4 is 14.5 Å². The second-order valence-corrected chi connectivity index (χ2v) is 14.3. The lowest BCUT2D eigenvalue weighted by Crippen LogP contribution is -2.39. The van der Waals surface area contributed by atoms with Crippen molar-refractivity contribution in [3.8, 4) is 21.3 Å². The average molecular weight is 605 g/mol. The van der Waals surface area contributed by atoms with E-state index in [-0.39, 0.29) is 31.7 Å². The summed E-state index contributed by atoms with van der Waals surface area (Å²) in [5.74, 6) is -2.34. The minimum Gasteiger partial charge on any atom is -0.395 e. The zero-order valence-electron chi connectivity index (χ0n) is 22.9. The first kappa shape index (κ1) is 28.2. The topological polar surface area (TPSA) is 112 Å². The van der Waals surface area contributed by atoms with Crippen molar-refractivity contribution in [3.63, 3.8) is 0 Å². The smallest absolute Gasteiger partial charge is 0.251 e. The number of aliphatic hydroxyl groups is 1. The predicted octanol–water partition coefficient (Wildman–Crippen LogP) is 4.93. The van der Waals surface area contributed by atoms with E-state index in [2.05, 4.69) is 19.8 Å². The number of nitrogens with zero attached hydrogens (tertiary/aromatic N) is 5. The monoisotopic (exact) mass is 604 g/mol. The molecule has 2 saturated heterocycles. The number of anilines is 3. The molecular formula is C28H34F2N6O3S2. The first-order valence-electron chi connectivity index (χ1n) is 14.0. The molecule has 1 aromatic carbocycles. The summed E-state index contributed by atoms with van der Waals surface area (Å²) in [5.41, 5.74) is 4.26. The van der Waals surface area contributed by atoms with Gasteiger partial charge in [0.05, 0.1) is 18.0 Å². The molecule has 0 radical (unpaired) electrons. The molecule has 0 atom stereocenters. The molecule has 3 fully saturated rings. The number of benzene rings is 1. The predicted molar refractivity (Wildman–Crippen MR) is 157 cm³/mol. The highest BCUT2D eigenvalue weighted by molar-refractivity contribution is 7.92. The fourth-order valence-corrected chi connectivity index (χ4v) is 7.37. The maximum atomic E-state index is 13.7. The Hall–Kier alpha value is -2.90. The molecule has 220 valence electrons. The summed E-state index contributed by atoms with van der Waals surface area (Å²) in [4.78, 5) is 8.96.